The van der Waals surface area contributed by atoms with Crippen molar-refractivity contribution in [3.05, 3.63) is 59.7 Å². The number of rotatable bonds is 8. The summed E-state index contributed by atoms with van der Waals surface area (Å²) in [6, 6.07) is 16.3. The molecule has 1 atom stereocenters. The van der Waals surface area contributed by atoms with Gasteiger partial charge in [-0.25, -0.2) is 4.79 Å². The normalized spacial score (nSPS) is 13.4. The zero-order chi connectivity index (χ0) is 19.9. The number of amides is 1. The van der Waals surface area contributed by atoms with Crippen molar-refractivity contribution in [2.24, 2.45) is 0 Å². The molecule has 28 heavy (non-hydrogen) atoms. The van der Waals surface area contributed by atoms with Crippen LogP contribution in [0.1, 0.15) is 30.9 Å². The average molecular weight is 382 g/mol. The van der Waals surface area contributed by atoms with E-state index in [1.54, 1.807) is 6.92 Å². The molecular weight excluding hydrogens is 356 g/mol. The number of carbonyl (C=O) groups excluding carboxylic acids is 2. The van der Waals surface area contributed by atoms with Crippen LogP contribution in [0, 0.1) is 0 Å². The van der Waals surface area contributed by atoms with Crippen molar-refractivity contribution in [1.82, 2.24) is 10.6 Å². The molecule has 0 saturated carbocycles. The molecule has 0 unspecified atom stereocenters. The summed E-state index contributed by atoms with van der Waals surface area (Å²) in [5, 5.41) is 5.74. The maximum absolute atomic E-state index is 12.2. The number of hydrogen-bond acceptors (Lipinski definition) is 5. The predicted molar refractivity (Wildman–Crippen MR) is 107 cm³/mol. The van der Waals surface area contributed by atoms with Gasteiger partial charge in [-0.15, -0.1) is 0 Å². The Morgan fingerprint density at radius 3 is 2.21 bits per heavy atom. The molecule has 0 spiro atoms. The van der Waals surface area contributed by atoms with Gasteiger partial charge in [0, 0.05) is 18.5 Å². The molecule has 6 nitrogen and oxygen atoms in total. The number of nitrogens with one attached hydrogen (secondary N) is 2. The van der Waals surface area contributed by atoms with Crippen LogP contribution in [0.25, 0.3) is 11.1 Å². The van der Waals surface area contributed by atoms with Crippen LogP contribution in [0.4, 0.5) is 4.79 Å². The SMILES string of the molecule is CCOC(=O)CNC[C@@H](C)NC(=O)OCC1c2ccccc2-c2ccccc21. The molecule has 0 fully saturated rings. The maximum Gasteiger partial charge on any atom is 0.407 e. The van der Waals surface area contributed by atoms with Crippen LogP contribution in [0.3, 0.4) is 0 Å². The molecule has 3 rings (SSSR count). The van der Waals surface area contributed by atoms with E-state index in [0.717, 1.165) is 0 Å². The van der Waals surface area contributed by atoms with E-state index >= 15 is 0 Å². The molecule has 6 heteroatoms. The standard InChI is InChI=1S/C22H26N2O4/c1-3-27-21(25)13-23-12-15(2)24-22(26)28-14-20-18-10-6-4-8-16(18)17-9-5-7-11-19(17)20/h4-11,15,20,23H,3,12-14H2,1-2H3,(H,24,26)/t15-/m1/s1. The molecule has 0 aromatic heterocycles. The molecule has 0 aliphatic heterocycles. The van der Waals surface area contributed by atoms with Crippen molar-refractivity contribution >= 4 is 12.1 Å². The number of esters is 1. The van der Waals surface area contributed by atoms with E-state index < -0.39 is 6.09 Å². The van der Waals surface area contributed by atoms with Crippen molar-refractivity contribution in [3.63, 3.8) is 0 Å². The third-order valence-corrected chi connectivity index (χ3v) is 4.73. The van der Waals surface area contributed by atoms with E-state index in [4.69, 9.17) is 9.47 Å². The van der Waals surface area contributed by atoms with Crippen LogP contribution in [0.5, 0.6) is 0 Å². The number of fused-ring (bicyclic) bond motifs is 3. The largest absolute Gasteiger partial charge is 0.465 e. The maximum atomic E-state index is 12.2. The molecule has 2 aromatic rings. The Hall–Kier alpha value is -2.86. The summed E-state index contributed by atoms with van der Waals surface area (Å²) >= 11 is 0. The van der Waals surface area contributed by atoms with E-state index in [9.17, 15) is 9.59 Å². The molecule has 1 aliphatic carbocycles. The van der Waals surface area contributed by atoms with Crippen molar-refractivity contribution in [3.8, 4) is 11.1 Å². The van der Waals surface area contributed by atoms with Gasteiger partial charge in [-0.2, -0.15) is 0 Å². The van der Waals surface area contributed by atoms with Gasteiger partial charge in [-0.05, 0) is 36.1 Å². The molecular formula is C22H26N2O4. The summed E-state index contributed by atoms with van der Waals surface area (Å²) in [7, 11) is 0. The molecule has 148 valence electrons. The van der Waals surface area contributed by atoms with Gasteiger partial charge in [0.2, 0.25) is 0 Å². The van der Waals surface area contributed by atoms with E-state index in [-0.39, 0.29) is 31.1 Å². The summed E-state index contributed by atoms with van der Waals surface area (Å²) in [6.07, 6.45) is -0.465. The summed E-state index contributed by atoms with van der Waals surface area (Å²) in [5.74, 6) is -0.272. The minimum Gasteiger partial charge on any atom is -0.465 e. The zero-order valence-electron chi connectivity index (χ0n) is 16.2. The number of alkyl carbamates (subject to hydrolysis) is 1. The number of hydrogen-bond donors (Lipinski definition) is 2. The first kappa shape index (κ1) is 19.9. The highest BCUT2D eigenvalue weighted by Crippen LogP contribution is 2.44. The first-order valence-corrected chi connectivity index (χ1v) is 9.58. The second-order valence-corrected chi connectivity index (χ2v) is 6.81. The highest BCUT2D eigenvalue weighted by molar-refractivity contribution is 5.79. The van der Waals surface area contributed by atoms with E-state index in [1.165, 1.54) is 22.3 Å². The van der Waals surface area contributed by atoms with Crippen LogP contribution in [0.15, 0.2) is 48.5 Å². The van der Waals surface area contributed by atoms with Gasteiger partial charge in [-0.1, -0.05) is 48.5 Å². The molecule has 1 amide bonds. The Morgan fingerprint density at radius 1 is 1.00 bits per heavy atom. The molecule has 0 saturated heterocycles. The summed E-state index contributed by atoms with van der Waals surface area (Å²) < 4.78 is 10.4. The second-order valence-electron chi connectivity index (χ2n) is 6.81. The number of ether oxygens (including phenoxy) is 2. The highest BCUT2D eigenvalue weighted by atomic mass is 16.5. The van der Waals surface area contributed by atoms with Gasteiger partial charge in [0.15, 0.2) is 0 Å². The fourth-order valence-corrected chi connectivity index (χ4v) is 3.50. The van der Waals surface area contributed by atoms with Gasteiger partial charge >= 0.3 is 12.1 Å². The Bertz CT molecular complexity index is 791. The monoisotopic (exact) mass is 382 g/mol. The lowest BCUT2D eigenvalue weighted by Crippen LogP contribution is -2.42. The Labute approximate surface area is 165 Å². The quantitative estimate of drug-likeness (QED) is 0.686. The van der Waals surface area contributed by atoms with Gasteiger partial charge in [-0.3, -0.25) is 4.79 Å². The van der Waals surface area contributed by atoms with Gasteiger partial charge in [0.1, 0.15) is 6.61 Å². The minimum absolute atomic E-state index is 0.0374. The Kier molecular flexibility index (Phi) is 6.66. The molecule has 0 heterocycles. The van der Waals surface area contributed by atoms with E-state index in [1.807, 2.05) is 31.2 Å². The number of carbonyl (C=O) groups is 2. The Balaban J connectivity index is 1.50. The average Bonchev–Trinajstić information content (AvgIpc) is 3.00. The van der Waals surface area contributed by atoms with Gasteiger partial charge in [0.25, 0.3) is 0 Å². The van der Waals surface area contributed by atoms with Crippen molar-refractivity contribution in [1.29, 1.82) is 0 Å². The van der Waals surface area contributed by atoms with E-state index in [2.05, 4.69) is 34.9 Å². The molecule has 2 N–H and O–H groups in total. The fourth-order valence-electron chi connectivity index (χ4n) is 3.50. The Morgan fingerprint density at radius 2 is 1.61 bits per heavy atom. The molecule has 1 aliphatic rings. The fraction of sp³-hybridized carbons (Fsp3) is 0.364. The third-order valence-electron chi connectivity index (χ3n) is 4.73. The lowest BCUT2D eigenvalue weighted by Gasteiger charge is -2.17. The van der Waals surface area contributed by atoms with Crippen LogP contribution >= 0.6 is 0 Å². The van der Waals surface area contributed by atoms with Crippen LogP contribution < -0.4 is 10.6 Å². The molecule has 0 bridgehead atoms. The van der Waals surface area contributed by atoms with Crippen molar-refractivity contribution in [2.75, 3.05) is 26.3 Å². The summed E-state index contributed by atoms with van der Waals surface area (Å²) in [6.45, 7) is 4.81. The van der Waals surface area contributed by atoms with Crippen LogP contribution in [0.2, 0.25) is 0 Å². The van der Waals surface area contributed by atoms with Crippen molar-refractivity contribution < 1.29 is 19.1 Å². The zero-order valence-corrected chi connectivity index (χ0v) is 16.2. The summed E-state index contributed by atoms with van der Waals surface area (Å²) in [5.41, 5.74) is 4.76. The lowest BCUT2D eigenvalue weighted by atomic mass is 9.98. The highest BCUT2D eigenvalue weighted by Gasteiger charge is 2.29. The van der Waals surface area contributed by atoms with Crippen molar-refractivity contribution in [2.45, 2.75) is 25.8 Å². The lowest BCUT2D eigenvalue weighted by molar-refractivity contribution is -0.141. The van der Waals surface area contributed by atoms with Gasteiger partial charge < -0.3 is 20.1 Å². The topological polar surface area (TPSA) is 76.7 Å². The second kappa shape index (κ2) is 9.37. The van der Waals surface area contributed by atoms with Crippen LogP contribution in [-0.4, -0.2) is 44.4 Å². The molecule has 2 aromatic carbocycles. The van der Waals surface area contributed by atoms with E-state index in [0.29, 0.717) is 13.2 Å². The van der Waals surface area contributed by atoms with Crippen LogP contribution in [-0.2, 0) is 14.3 Å². The first-order valence-electron chi connectivity index (χ1n) is 9.58. The third kappa shape index (κ3) is 4.70. The smallest absolute Gasteiger partial charge is 0.407 e. The minimum atomic E-state index is -0.465. The molecule has 0 radical (unpaired) electrons. The first-order chi connectivity index (χ1) is 13.6. The predicted octanol–water partition coefficient (Wildman–Crippen LogP) is 3.07. The summed E-state index contributed by atoms with van der Waals surface area (Å²) in [4.78, 5) is 23.5. The number of benzene rings is 2. The van der Waals surface area contributed by atoms with Gasteiger partial charge in [0.05, 0.1) is 13.2 Å².